The summed E-state index contributed by atoms with van der Waals surface area (Å²) in [6.07, 6.45) is 2.25. The van der Waals surface area contributed by atoms with Crippen LogP contribution in [0.1, 0.15) is 47.5 Å². The van der Waals surface area contributed by atoms with Crippen LogP contribution in [0.25, 0.3) is 0 Å². The van der Waals surface area contributed by atoms with Gasteiger partial charge in [0.15, 0.2) is 9.84 Å². The van der Waals surface area contributed by atoms with Gasteiger partial charge in [-0.15, -0.1) is 0 Å². The first-order valence-electron chi connectivity index (χ1n) is 7.36. The van der Waals surface area contributed by atoms with Crippen molar-refractivity contribution < 1.29 is 8.42 Å². The van der Waals surface area contributed by atoms with E-state index in [4.69, 9.17) is 0 Å². The van der Waals surface area contributed by atoms with Crippen LogP contribution in [0.5, 0.6) is 0 Å². The first-order chi connectivity index (χ1) is 8.64. The number of nitrogens with zero attached hydrogens (tertiary/aromatic N) is 1. The summed E-state index contributed by atoms with van der Waals surface area (Å²) in [5.41, 5.74) is 0.108. The minimum Gasteiger partial charge on any atom is -0.311 e. The van der Waals surface area contributed by atoms with Gasteiger partial charge >= 0.3 is 0 Å². The van der Waals surface area contributed by atoms with Gasteiger partial charge in [0.1, 0.15) is 0 Å². The van der Waals surface area contributed by atoms with Gasteiger partial charge in [-0.1, -0.05) is 13.3 Å². The third-order valence-corrected chi connectivity index (χ3v) is 5.48. The zero-order chi connectivity index (χ0) is 14.7. The first-order valence-corrected chi connectivity index (χ1v) is 9.18. The summed E-state index contributed by atoms with van der Waals surface area (Å²) in [4.78, 5) is 2.38. The van der Waals surface area contributed by atoms with E-state index in [9.17, 15) is 8.42 Å². The summed E-state index contributed by atoms with van der Waals surface area (Å²) in [6, 6.07) is 0.576. The highest BCUT2D eigenvalue weighted by atomic mass is 32.2. The predicted octanol–water partition coefficient (Wildman–Crippen LogP) is 1.66. The fraction of sp³-hybridized carbons (Fsp3) is 1.00. The molecular weight excluding hydrogens is 260 g/mol. The van der Waals surface area contributed by atoms with Gasteiger partial charge in [-0.05, 0) is 34.1 Å². The first kappa shape index (κ1) is 16.9. The Morgan fingerprint density at radius 1 is 1.37 bits per heavy atom. The second-order valence-corrected chi connectivity index (χ2v) is 9.00. The maximum absolute atomic E-state index is 11.7. The molecule has 0 spiro atoms. The highest BCUT2D eigenvalue weighted by Crippen LogP contribution is 2.18. The highest BCUT2D eigenvalue weighted by Gasteiger charge is 2.32. The molecule has 0 saturated carbocycles. The maximum atomic E-state index is 11.7. The molecule has 1 rings (SSSR count). The van der Waals surface area contributed by atoms with Crippen LogP contribution in [0.15, 0.2) is 0 Å². The molecule has 0 radical (unpaired) electrons. The van der Waals surface area contributed by atoms with Gasteiger partial charge < -0.3 is 5.32 Å². The smallest absolute Gasteiger partial charge is 0.153 e. The van der Waals surface area contributed by atoms with Crippen molar-refractivity contribution >= 4 is 9.84 Å². The van der Waals surface area contributed by atoms with Gasteiger partial charge in [-0.3, -0.25) is 4.90 Å². The minimum absolute atomic E-state index is 0.108. The Labute approximate surface area is 118 Å². The molecule has 19 heavy (non-hydrogen) atoms. The highest BCUT2D eigenvalue weighted by molar-refractivity contribution is 7.91. The lowest BCUT2D eigenvalue weighted by atomic mass is 10.0. The quantitative estimate of drug-likeness (QED) is 0.836. The van der Waals surface area contributed by atoms with Crippen molar-refractivity contribution in [2.75, 3.05) is 24.6 Å². The summed E-state index contributed by atoms with van der Waals surface area (Å²) < 4.78 is 23.3. The number of nitrogens with one attached hydrogen (secondary N) is 1. The SMILES string of the molecule is CCCC(CNC(C)(C)C)N1CCS(=O)(=O)CC1C. The lowest BCUT2D eigenvalue weighted by Crippen LogP contribution is -2.55. The third-order valence-electron chi connectivity index (χ3n) is 3.68. The average Bonchev–Trinajstić information content (AvgIpc) is 2.22. The van der Waals surface area contributed by atoms with E-state index in [1.165, 1.54) is 0 Å². The van der Waals surface area contributed by atoms with Crippen LogP contribution in [0.2, 0.25) is 0 Å². The van der Waals surface area contributed by atoms with Gasteiger partial charge in [0.2, 0.25) is 0 Å². The van der Waals surface area contributed by atoms with Crippen molar-refractivity contribution in [2.24, 2.45) is 0 Å². The van der Waals surface area contributed by atoms with E-state index in [2.05, 4.69) is 37.9 Å². The van der Waals surface area contributed by atoms with Gasteiger partial charge in [0, 0.05) is 30.7 Å². The Bertz CT molecular complexity index is 373. The lowest BCUT2D eigenvalue weighted by Gasteiger charge is -2.40. The standard InChI is InChI=1S/C14H30N2O2S/c1-6-7-13(10-15-14(3,4)5)16-8-9-19(17,18)11-12(16)2/h12-13,15H,6-11H2,1-5H3. The molecule has 114 valence electrons. The molecule has 2 unspecified atom stereocenters. The molecule has 1 N–H and O–H groups in total. The molecule has 0 bridgehead atoms. The van der Waals surface area contributed by atoms with E-state index < -0.39 is 9.84 Å². The number of rotatable bonds is 5. The van der Waals surface area contributed by atoms with Crippen molar-refractivity contribution in [3.8, 4) is 0 Å². The summed E-state index contributed by atoms with van der Waals surface area (Å²) >= 11 is 0. The van der Waals surface area contributed by atoms with Crippen molar-refractivity contribution in [2.45, 2.75) is 65.1 Å². The monoisotopic (exact) mass is 290 g/mol. The van der Waals surface area contributed by atoms with E-state index in [0.717, 1.165) is 19.4 Å². The van der Waals surface area contributed by atoms with Crippen LogP contribution >= 0.6 is 0 Å². The fourth-order valence-corrected chi connectivity index (χ4v) is 4.28. The zero-order valence-corrected chi connectivity index (χ0v) is 13.9. The van der Waals surface area contributed by atoms with Crippen LogP contribution < -0.4 is 5.32 Å². The van der Waals surface area contributed by atoms with Crippen LogP contribution in [-0.4, -0.2) is 55.5 Å². The van der Waals surface area contributed by atoms with Crippen LogP contribution in [-0.2, 0) is 9.84 Å². The van der Waals surface area contributed by atoms with Crippen molar-refractivity contribution in [1.82, 2.24) is 10.2 Å². The second kappa shape index (κ2) is 6.55. The molecule has 1 fully saturated rings. The summed E-state index contributed by atoms with van der Waals surface area (Å²) in [5, 5.41) is 3.55. The molecule has 0 amide bonds. The molecule has 1 aliphatic heterocycles. The van der Waals surface area contributed by atoms with Gasteiger partial charge in [-0.2, -0.15) is 0 Å². The van der Waals surface area contributed by atoms with Gasteiger partial charge in [0.05, 0.1) is 11.5 Å². The number of hydrogen-bond acceptors (Lipinski definition) is 4. The number of hydrogen-bond donors (Lipinski definition) is 1. The van der Waals surface area contributed by atoms with Crippen LogP contribution in [0, 0.1) is 0 Å². The maximum Gasteiger partial charge on any atom is 0.153 e. The molecule has 0 aromatic carbocycles. The van der Waals surface area contributed by atoms with E-state index in [0.29, 0.717) is 24.1 Å². The zero-order valence-electron chi connectivity index (χ0n) is 13.1. The summed E-state index contributed by atoms with van der Waals surface area (Å²) in [6.45, 7) is 12.3. The van der Waals surface area contributed by atoms with Crippen molar-refractivity contribution in [1.29, 1.82) is 0 Å². The molecular formula is C14H30N2O2S. The summed E-state index contributed by atoms with van der Waals surface area (Å²) in [7, 11) is -2.82. The second-order valence-electron chi connectivity index (χ2n) is 6.77. The van der Waals surface area contributed by atoms with Crippen molar-refractivity contribution in [3.05, 3.63) is 0 Å². The molecule has 0 aromatic heterocycles. The Morgan fingerprint density at radius 2 is 2.00 bits per heavy atom. The van der Waals surface area contributed by atoms with Crippen LogP contribution in [0.4, 0.5) is 0 Å². The molecule has 5 heteroatoms. The molecule has 1 aliphatic rings. The largest absolute Gasteiger partial charge is 0.311 e. The predicted molar refractivity (Wildman–Crippen MR) is 81.3 cm³/mol. The van der Waals surface area contributed by atoms with Crippen LogP contribution in [0.3, 0.4) is 0 Å². The molecule has 0 aromatic rings. The van der Waals surface area contributed by atoms with E-state index in [1.54, 1.807) is 0 Å². The number of sulfone groups is 1. The molecule has 2 atom stereocenters. The lowest BCUT2D eigenvalue weighted by molar-refractivity contribution is 0.139. The molecule has 0 aliphatic carbocycles. The Morgan fingerprint density at radius 3 is 2.47 bits per heavy atom. The van der Waals surface area contributed by atoms with E-state index >= 15 is 0 Å². The van der Waals surface area contributed by atoms with E-state index in [1.807, 2.05) is 6.92 Å². The normalized spacial score (nSPS) is 26.3. The third kappa shape index (κ3) is 5.79. The van der Waals surface area contributed by atoms with Gasteiger partial charge in [-0.25, -0.2) is 8.42 Å². The van der Waals surface area contributed by atoms with E-state index in [-0.39, 0.29) is 11.6 Å². The molecule has 4 nitrogen and oxygen atoms in total. The summed E-state index contributed by atoms with van der Waals surface area (Å²) in [5.74, 6) is 0.621. The molecule has 1 heterocycles. The Kier molecular flexibility index (Phi) is 5.83. The average molecular weight is 290 g/mol. The minimum atomic E-state index is -2.82. The fourth-order valence-electron chi connectivity index (χ4n) is 2.70. The Balaban J connectivity index is 2.66. The van der Waals surface area contributed by atoms with Gasteiger partial charge in [0.25, 0.3) is 0 Å². The topological polar surface area (TPSA) is 49.4 Å². The van der Waals surface area contributed by atoms with Crippen molar-refractivity contribution in [3.63, 3.8) is 0 Å². The Hall–Kier alpha value is -0.130. The molecule has 1 saturated heterocycles.